The molecule has 0 aliphatic rings. The number of hydrogen-bond acceptors (Lipinski definition) is 4. The minimum absolute atomic E-state index is 0.113. The molecule has 1 amide bonds. The van der Waals surface area contributed by atoms with Crippen LogP contribution in [0.5, 0.6) is 0 Å². The van der Waals surface area contributed by atoms with Gasteiger partial charge in [0.1, 0.15) is 5.76 Å². The van der Waals surface area contributed by atoms with Crippen LogP contribution >= 0.6 is 15.9 Å². The minimum atomic E-state index is -0.113. The highest BCUT2D eigenvalue weighted by Gasteiger charge is 2.14. The zero-order chi connectivity index (χ0) is 16.9. The van der Waals surface area contributed by atoms with E-state index < -0.39 is 0 Å². The number of nitrogens with zero attached hydrogens (tertiary/aromatic N) is 2. The van der Waals surface area contributed by atoms with Crippen molar-refractivity contribution in [3.05, 3.63) is 70.3 Å². The van der Waals surface area contributed by atoms with Gasteiger partial charge in [-0.15, -0.1) is 0 Å². The van der Waals surface area contributed by atoms with Gasteiger partial charge in [-0.25, -0.2) is 4.98 Å². The third-order valence-electron chi connectivity index (χ3n) is 3.49. The predicted octanol–water partition coefficient (Wildman–Crippen LogP) is 3.67. The number of pyridine rings is 1. The van der Waals surface area contributed by atoms with Gasteiger partial charge in [-0.05, 0) is 37.3 Å². The summed E-state index contributed by atoms with van der Waals surface area (Å²) < 4.78 is 6.64. The first-order valence-electron chi connectivity index (χ1n) is 7.50. The molecule has 3 aromatic rings. The molecule has 6 heteroatoms. The molecular formula is C18H16BrN3O2. The van der Waals surface area contributed by atoms with Gasteiger partial charge in [0.2, 0.25) is 11.8 Å². The van der Waals surface area contributed by atoms with E-state index in [0.717, 1.165) is 15.7 Å². The molecule has 0 aliphatic heterocycles. The fourth-order valence-corrected chi connectivity index (χ4v) is 2.64. The molecule has 1 aromatic carbocycles. The first-order valence-corrected chi connectivity index (χ1v) is 8.30. The SMILES string of the molecule is Cc1oc(-c2cccc(Br)c2)nc1CC(=O)NCc1ccccn1. The lowest BCUT2D eigenvalue weighted by Crippen LogP contribution is -2.25. The molecule has 122 valence electrons. The smallest absolute Gasteiger partial charge is 0.226 e. The highest BCUT2D eigenvalue weighted by Crippen LogP contribution is 2.24. The fraction of sp³-hybridized carbons (Fsp3) is 0.167. The molecule has 1 N–H and O–H groups in total. The normalized spacial score (nSPS) is 10.6. The molecule has 2 heterocycles. The van der Waals surface area contributed by atoms with E-state index in [1.807, 2.05) is 49.4 Å². The number of oxazole rings is 1. The van der Waals surface area contributed by atoms with Crippen LogP contribution in [0.25, 0.3) is 11.5 Å². The maximum Gasteiger partial charge on any atom is 0.226 e. The second-order valence-electron chi connectivity index (χ2n) is 5.31. The monoisotopic (exact) mass is 385 g/mol. The average Bonchev–Trinajstić information content (AvgIpc) is 2.95. The molecule has 0 bridgehead atoms. The number of nitrogens with one attached hydrogen (secondary N) is 1. The number of benzene rings is 1. The van der Waals surface area contributed by atoms with Gasteiger partial charge >= 0.3 is 0 Å². The van der Waals surface area contributed by atoms with Gasteiger partial charge < -0.3 is 9.73 Å². The number of amides is 1. The summed E-state index contributed by atoms with van der Waals surface area (Å²) in [5.74, 6) is 1.05. The Hall–Kier alpha value is -2.47. The Labute approximate surface area is 148 Å². The maximum absolute atomic E-state index is 12.1. The fourth-order valence-electron chi connectivity index (χ4n) is 2.24. The molecule has 0 aliphatic carbocycles. The van der Waals surface area contributed by atoms with Crippen LogP contribution in [0.15, 0.2) is 57.6 Å². The van der Waals surface area contributed by atoms with Gasteiger partial charge in [-0.3, -0.25) is 9.78 Å². The molecule has 24 heavy (non-hydrogen) atoms. The lowest BCUT2D eigenvalue weighted by molar-refractivity contribution is -0.120. The number of carbonyl (C=O) groups excluding carboxylic acids is 1. The van der Waals surface area contributed by atoms with Gasteiger partial charge in [-0.2, -0.15) is 0 Å². The van der Waals surface area contributed by atoms with Crippen molar-refractivity contribution in [1.29, 1.82) is 0 Å². The molecule has 2 aromatic heterocycles. The number of aromatic nitrogens is 2. The maximum atomic E-state index is 12.1. The Morgan fingerprint density at radius 1 is 1.25 bits per heavy atom. The topological polar surface area (TPSA) is 68.0 Å². The summed E-state index contributed by atoms with van der Waals surface area (Å²) in [6.45, 7) is 2.21. The summed E-state index contributed by atoms with van der Waals surface area (Å²) in [5, 5.41) is 2.84. The van der Waals surface area contributed by atoms with Gasteiger partial charge in [-0.1, -0.05) is 28.1 Å². The van der Waals surface area contributed by atoms with Crippen molar-refractivity contribution in [1.82, 2.24) is 15.3 Å². The molecule has 5 nitrogen and oxygen atoms in total. The zero-order valence-corrected chi connectivity index (χ0v) is 14.7. The largest absolute Gasteiger partial charge is 0.441 e. The third kappa shape index (κ3) is 4.08. The molecule has 0 saturated carbocycles. The minimum Gasteiger partial charge on any atom is -0.441 e. The van der Waals surface area contributed by atoms with E-state index in [2.05, 4.69) is 31.2 Å². The first kappa shape index (κ1) is 16.4. The molecule has 0 spiro atoms. The summed E-state index contributed by atoms with van der Waals surface area (Å²) in [6.07, 6.45) is 1.88. The van der Waals surface area contributed by atoms with Crippen LogP contribution < -0.4 is 5.32 Å². The van der Waals surface area contributed by atoms with Crippen LogP contribution in [0.4, 0.5) is 0 Å². The van der Waals surface area contributed by atoms with E-state index in [4.69, 9.17) is 4.42 Å². The summed E-state index contributed by atoms with van der Waals surface area (Å²) in [5.41, 5.74) is 2.33. The Morgan fingerprint density at radius 3 is 2.88 bits per heavy atom. The van der Waals surface area contributed by atoms with E-state index in [9.17, 15) is 4.79 Å². The number of carbonyl (C=O) groups is 1. The molecule has 0 radical (unpaired) electrons. The second kappa shape index (κ2) is 7.40. The van der Waals surface area contributed by atoms with Crippen molar-refractivity contribution < 1.29 is 9.21 Å². The van der Waals surface area contributed by atoms with Crippen LogP contribution in [0.2, 0.25) is 0 Å². The standard InChI is InChI=1S/C18H16BrN3O2/c1-12-16(10-17(23)21-11-15-7-2-3-8-20-15)22-18(24-12)13-5-4-6-14(19)9-13/h2-9H,10-11H2,1H3,(H,21,23). The van der Waals surface area contributed by atoms with E-state index in [1.54, 1.807) is 6.20 Å². The van der Waals surface area contributed by atoms with Crippen molar-refractivity contribution in [3.8, 4) is 11.5 Å². The number of aryl methyl sites for hydroxylation is 1. The molecule has 0 unspecified atom stereocenters. The van der Waals surface area contributed by atoms with Crippen LogP contribution in [-0.2, 0) is 17.8 Å². The molecule has 0 saturated heterocycles. The molecule has 0 fully saturated rings. The van der Waals surface area contributed by atoms with E-state index >= 15 is 0 Å². The number of rotatable bonds is 5. The van der Waals surface area contributed by atoms with Gasteiger partial charge in [0.25, 0.3) is 0 Å². The Bertz CT molecular complexity index is 846. The first-order chi connectivity index (χ1) is 11.6. The van der Waals surface area contributed by atoms with Crippen molar-refractivity contribution >= 4 is 21.8 Å². The zero-order valence-electron chi connectivity index (χ0n) is 13.1. The number of halogens is 1. The second-order valence-corrected chi connectivity index (χ2v) is 6.22. The molecular weight excluding hydrogens is 370 g/mol. The van der Waals surface area contributed by atoms with Crippen molar-refractivity contribution in [2.75, 3.05) is 0 Å². The summed E-state index contributed by atoms with van der Waals surface area (Å²) in [6, 6.07) is 13.3. The quantitative estimate of drug-likeness (QED) is 0.727. The lowest BCUT2D eigenvalue weighted by atomic mass is 10.2. The van der Waals surface area contributed by atoms with Gasteiger partial charge in [0, 0.05) is 16.2 Å². The summed E-state index contributed by atoms with van der Waals surface area (Å²) in [7, 11) is 0. The van der Waals surface area contributed by atoms with Gasteiger partial charge in [0.15, 0.2) is 0 Å². The van der Waals surface area contributed by atoms with Crippen LogP contribution in [0.1, 0.15) is 17.1 Å². The molecule has 3 rings (SSSR count). The van der Waals surface area contributed by atoms with Crippen LogP contribution in [0, 0.1) is 6.92 Å². The van der Waals surface area contributed by atoms with Crippen molar-refractivity contribution in [2.45, 2.75) is 19.9 Å². The highest BCUT2D eigenvalue weighted by atomic mass is 79.9. The van der Waals surface area contributed by atoms with E-state index in [-0.39, 0.29) is 12.3 Å². The van der Waals surface area contributed by atoms with E-state index in [1.165, 1.54) is 0 Å². The van der Waals surface area contributed by atoms with Gasteiger partial charge in [0.05, 0.1) is 24.4 Å². The Kier molecular flexibility index (Phi) is 5.05. The summed E-state index contributed by atoms with van der Waals surface area (Å²) in [4.78, 5) is 20.7. The Balaban J connectivity index is 1.66. The van der Waals surface area contributed by atoms with Crippen molar-refractivity contribution in [3.63, 3.8) is 0 Å². The number of hydrogen-bond donors (Lipinski definition) is 1. The lowest BCUT2D eigenvalue weighted by Gasteiger charge is -2.03. The Morgan fingerprint density at radius 2 is 2.12 bits per heavy atom. The predicted molar refractivity (Wildman–Crippen MR) is 94.2 cm³/mol. The summed E-state index contributed by atoms with van der Waals surface area (Å²) >= 11 is 3.43. The van der Waals surface area contributed by atoms with E-state index in [0.29, 0.717) is 23.9 Å². The highest BCUT2D eigenvalue weighted by molar-refractivity contribution is 9.10. The third-order valence-corrected chi connectivity index (χ3v) is 3.98. The molecule has 0 atom stereocenters. The van der Waals surface area contributed by atoms with Crippen LogP contribution in [-0.4, -0.2) is 15.9 Å². The average molecular weight is 386 g/mol. The van der Waals surface area contributed by atoms with Crippen molar-refractivity contribution in [2.24, 2.45) is 0 Å². The van der Waals surface area contributed by atoms with Crippen LogP contribution in [0.3, 0.4) is 0 Å².